The fourth-order valence-electron chi connectivity index (χ4n) is 7.25. The number of alkyl halides is 6. The van der Waals surface area contributed by atoms with Crippen LogP contribution in [0.15, 0.2) is 97.1 Å². The van der Waals surface area contributed by atoms with Crippen LogP contribution in [0.5, 0.6) is 0 Å². The second-order valence-corrected chi connectivity index (χ2v) is 17.8. The third-order valence-corrected chi connectivity index (χ3v) is 13.0. The number of hydrogen-bond donors (Lipinski definition) is 0. The molecule has 0 radical (unpaired) electrons. The number of halogens is 8. The van der Waals surface area contributed by atoms with Crippen LogP contribution < -0.4 is 35.2 Å². The van der Waals surface area contributed by atoms with Gasteiger partial charge in [-0.2, -0.15) is 36.7 Å². The van der Waals surface area contributed by atoms with Crippen molar-refractivity contribution < 1.29 is 77.4 Å². The van der Waals surface area contributed by atoms with Crippen LogP contribution in [0.1, 0.15) is 61.8 Å². The third kappa shape index (κ3) is 7.46. The molecule has 0 unspecified atom stereocenters. The van der Waals surface area contributed by atoms with Gasteiger partial charge in [0.05, 0.1) is 11.1 Å². The molecule has 0 nitrogen and oxygen atoms in total. The van der Waals surface area contributed by atoms with Gasteiger partial charge in [0.25, 0.3) is 0 Å². The number of benzene rings is 4. The second kappa shape index (κ2) is 15.1. The maximum absolute atomic E-state index is 13.5. The van der Waals surface area contributed by atoms with E-state index in [2.05, 4.69) is 65.1 Å². The monoisotopic (exact) mass is 818 g/mol. The van der Waals surface area contributed by atoms with Crippen molar-refractivity contribution in [1.82, 2.24) is 0 Å². The molecule has 0 aliphatic heterocycles. The van der Waals surface area contributed by atoms with Gasteiger partial charge in [-0.15, -0.1) is 69.1 Å². The van der Waals surface area contributed by atoms with Gasteiger partial charge in [0.1, 0.15) is 0 Å². The topological polar surface area (TPSA) is 0 Å². The molecule has 0 amide bonds. The molecule has 0 heterocycles. The summed E-state index contributed by atoms with van der Waals surface area (Å²) in [7, 11) is -2.66. The summed E-state index contributed by atoms with van der Waals surface area (Å²) in [4.78, 5) is 0. The van der Waals surface area contributed by atoms with Crippen LogP contribution in [0.3, 0.4) is 0 Å². The van der Waals surface area contributed by atoms with Crippen molar-refractivity contribution >= 4 is 40.0 Å². The molecule has 0 aliphatic carbocycles. The Morgan fingerprint density at radius 3 is 1.12 bits per heavy atom. The zero-order valence-corrected chi connectivity index (χ0v) is 33.4. The van der Waals surface area contributed by atoms with Crippen molar-refractivity contribution in [2.45, 2.75) is 65.0 Å². The van der Waals surface area contributed by atoms with Crippen LogP contribution in [0.25, 0.3) is 43.8 Å². The third-order valence-electron chi connectivity index (χ3n) is 9.43. The Hall–Kier alpha value is -2.64. The van der Waals surface area contributed by atoms with Gasteiger partial charge in [-0.1, -0.05) is 88.3 Å². The Labute approximate surface area is 322 Å². The summed E-state index contributed by atoms with van der Waals surface area (Å²) >= 11 is 0. The van der Waals surface area contributed by atoms with Crippen LogP contribution in [-0.2, 0) is 38.6 Å². The van der Waals surface area contributed by atoms with E-state index in [9.17, 15) is 26.3 Å². The first-order valence-electron chi connectivity index (χ1n) is 15.8. The van der Waals surface area contributed by atoms with Crippen LogP contribution in [0, 0.1) is 0 Å². The molecular weight excluding hydrogens is 785 g/mol. The summed E-state index contributed by atoms with van der Waals surface area (Å²) in [6, 6.07) is 27.3. The Morgan fingerprint density at radius 2 is 0.840 bits per heavy atom. The van der Waals surface area contributed by atoms with Crippen molar-refractivity contribution in [3.8, 4) is 22.3 Å². The molecule has 0 aliphatic rings. The molecule has 6 rings (SSSR count). The number of hydrogen-bond acceptors (Lipinski definition) is 0. The maximum Gasteiger partial charge on any atom is 4.00 e. The van der Waals surface area contributed by atoms with Gasteiger partial charge in [0.2, 0.25) is 0 Å². The summed E-state index contributed by atoms with van der Waals surface area (Å²) < 4.78 is 80.7. The molecule has 0 aromatic heterocycles. The molecule has 6 aromatic rings. The molecule has 0 atom stereocenters. The molecule has 6 aromatic carbocycles. The minimum atomic E-state index is -4.42. The average Bonchev–Trinajstić information content (AvgIpc) is 3.61. The van der Waals surface area contributed by atoms with E-state index >= 15 is 0 Å². The summed E-state index contributed by atoms with van der Waals surface area (Å²) in [6.45, 7) is 13.3. The molecule has 0 fully saturated rings. The predicted octanol–water partition coefficient (Wildman–Crippen LogP) is 5.88. The molecule has 10 heteroatoms. The number of fused-ring (bicyclic) bond motifs is 2. The van der Waals surface area contributed by atoms with Crippen LogP contribution in [0.2, 0.25) is 13.1 Å². The normalized spacial score (nSPS) is 12.3. The maximum atomic E-state index is 13.5. The molecule has 0 saturated heterocycles. The van der Waals surface area contributed by atoms with E-state index < -0.39 is 31.6 Å². The van der Waals surface area contributed by atoms with E-state index in [1.807, 2.05) is 24.3 Å². The van der Waals surface area contributed by atoms with Gasteiger partial charge in [-0.05, 0) is 47.2 Å². The van der Waals surface area contributed by atoms with Crippen molar-refractivity contribution in [3.05, 3.63) is 119 Å². The molecule has 0 spiro atoms. The van der Waals surface area contributed by atoms with Gasteiger partial charge in [0, 0.05) is 8.07 Å². The standard InChI is InChI=1S/C40H36F6Si.2ClH.Zr/c1-23(2)33-21-27-9-7-11-31(25-13-17-29(18-14-25)39(41,42)43)35(27)37(33)47(5,6)38-34(24(3)4)22-28-10-8-12-32(36(28)38)26-15-19-30(20-16-26)40(44,45)46;;;/h7-24H,1-6H3;2*1H;/q-2;;;+4/p-2. The first-order valence-corrected chi connectivity index (χ1v) is 18.8. The van der Waals surface area contributed by atoms with Gasteiger partial charge in [-0.3, -0.25) is 0 Å². The van der Waals surface area contributed by atoms with E-state index in [0.29, 0.717) is 0 Å². The van der Waals surface area contributed by atoms with Crippen molar-refractivity contribution in [2.24, 2.45) is 0 Å². The molecule has 0 saturated carbocycles. The smallest absolute Gasteiger partial charge is 1.00 e. The van der Waals surface area contributed by atoms with Gasteiger partial charge < -0.3 is 24.8 Å². The second-order valence-electron chi connectivity index (χ2n) is 13.6. The Kier molecular flexibility index (Phi) is 12.7. The zero-order chi connectivity index (χ0) is 34.1. The molecule has 260 valence electrons. The van der Waals surface area contributed by atoms with E-state index in [1.165, 1.54) is 21.5 Å². The Balaban J connectivity index is 0.00000225. The summed E-state index contributed by atoms with van der Waals surface area (Å²) in [5.41, 5.74) is 4.28. The van der Waals surface area contributed by atoms with E-state index in [-0.39, 0.29) is 62.9 Å². The fraction of sp³-hybridized carbons (Fsp3) is 0.250. The summed E-state index contributed by atoms with van der Waals surface area (Å²) in [5.74, 6) is 0.366. The van der Waals surface area contributed by atoms with Gasteiger partial charge >= 0.3 is 38.6 Å². The van der Waals surface area contributed by atoms with Crippen molar-refractivity contribution in [3.63, 3.8) is 0 Å². The molecule has 0 bridgehead atoms. The molecular formula is C40H36Cl2F6SiZr. The predicted molar refractivity (Wildman–Crippen MR) is 185 cm³/mol. The van der Waals surface area contributed by atoms with Crippen LogP contribution in [-0.4, -0.2) is 8.07 Å². The van der Waals surface area contributed by atoms with Crippen LogP contribution in [0.4, 0.5) is 26.3 Å². The van der Waals surface area contributed by atoms with E-state index in [0.717, 1.165) is 68.1 Å². The first kappa shape index (κ1) is 41.8. The quantitative estimate of drug-likeness (QED) is 0.112. The number of rotatable bonds is 6. The van der Waals surface area contributed by atoms with E-state index in [1.54, 1.807) is 24.3 Å². The minimum absolute atomic E-state index is 0. The SMILES string of the molecule is CC(C)c1[cH-]c2cccc(-c3ccc(C(F)(F)F)cc3)c2c1[Si](C)(C)c1c(C(C)C)[cH-]c2cccc(-c3ccc(C(F)(F)F)cc3)c12.[Cl-].[Cl-].[Zr+4]. The minimum Gasteiger partial charge on any atom is -1.00 e. The first-order chi connectivity index (χ1) is 22.0. The summed E-state index contributed by atoms with van der Waals surface area (Å²) in [6.07, 6.45) is -8.85. The van der Waals surface area contributed by atoms with Crippen LogP contribution >= 0.6 is 0 Å². The molecule has 50 heavy (non-hydrogen) atoms. The average molecular weight is 821 g/mol. The van der Waals surface area contributed by atoms with Gasteiger partial charge in [0.15, 0.2) is 0 Å². The fourth-order valence-corrected chi connectivity index (χ4v) is 11.5. The molecule has 0 N–H and O–H groups in total. The van der Waals surface area contributed by atoms with Crippen molar-refractivity contribution in [1.29, 1.82) is 0 Å². The van der Waals surface area contributed by atoms with E-state index in [4.69, 9.17) is 0 Å². The Morgan fingerprint density at radius 1 is 0.520 bits per heavy atom. The Bertz CT molecular complexity index is 1930. The summed E-state index contributed by atoms with van der Waals surface area (Å²) in [5, 5.41) is 6.70. The van der Waals surface area contributed by atoms with Crippen molar-refractivity contribution in [2.75, 3.05) is 0 Å². The van der Waals surface area contributed by atoms with Gasteiger partial charge in [-0.25, -0.2) is 0 Å². The zero-order valence-electron chi connectivity index (χ0n) is 28.4. The largest absolute Gasteiger partial charge is 4.00 e.